The highest BCUT2D eigenvalue weighted by molar-refractivity contribution is 5.22. The monoisotopic (exact) mass is 274 g/mol. The van der Waals surface area contributed by atoms with E-state index in [-0.39, 0.29) is 5.54 Å². The molecule has 0 bridgehead atoms. The second-order valence-corrected chi connectivity index (χ2v) is 6.59. The summed E-state index contributed by atoms with van der Waals surface area (Å²) in [4.78, 5) is 2.69. The van der Waals surface area contributed by atoms with Gasteiger partial charge in [-0.3, -0.25) is 4.90 Å². The Bertz CT molecular complexity index is 429. The van der Waals surface area contributed by atoms with Crippen molar-refractivity contribution in [3.63, 3.8) is 0 Å². The Labute approximate surface area is 124 Å². The first kappa shape index (κ1) is 15.5. The highest BCUT2D eigenvalue weighted by Crippen LogP contribution is 2.26. The summed E-state index contributed by atoms with van der Waals surface area (Å²) in [7, 11) is 0. The minimum absolute atomic E-state index is 0.286. The van der Waals surface area contributed by atoms with Crippen LogP contribution in [0.1, 0.15) is 51.2 Å². The van der Waals surface area contributed by atoms with Crippen molar-refractivity contribution in [2.24, 2.45) is 0 Å². The highest BCUT2D eigenvalue weighted by Gasteiger charge is 2.35. The van der Waals surface area contributed by atoms with E-state index in [0.29, 0.717) is 6.04 Å². The van der Waals surface area contributed by atoms with Crippen LogP contribution in [0.25, 0.3) is 0 Å². The maximum absolute atomic E-state index is 3.75. The molecular formula is C18H30N2. The third kappa shape index (κ3) is 3.62. The zero-order valence-corrected chi connectivity index (χ0v) is 13.6. The van der Waals surface area contributed by atoms with Crippen LogP contribution in [-0.2, 0) is 6.54 Å². The summed E-state index contributed by atoms with van der Waals surface area (Å²) in [6.45, 7) is 12.5. The molecule has 2 heteroatoms. The molecule has 0 radical (unpaired) electrons. The van der Waals surface area contributed by atoms with Gasteiger partial charge in [0.05, 0.1) is 0 Å². The molecule has 2 rings (SSSR count). The molecule has 2 atom stereocenters. The lowest BCUT2D eigenvalue weighted by atomic mass is 9.90. The first-order chi connectivity index (χ1) is 9.57. The van der Waals surface area contributed by atoms with E-state index in [4.69, 9.17) is 0 Å². The van der Waals surface area contributed by atoms with Crippen LogP contribution in [0, 0.1) is 6.92 Å². The minimum Gasteiger partial charge on any atom is -0.311 e. The third-order valence-electron chi connectivity index (χ3n) is 4.83. The summed E-state index contributed by atoms with van der Waals surface area (Å²) in [5, 5.41) is 3.75. The fourth-order valence-corrected chi connectivity index (χ4v) is 3.20. The molecule has 2 unspecified atom stereocenters. The molecule has 1 aliphatic rings. The van der Waals surface area contributed by atoms with Crippen molar-refractivity contribution in [3.8, 4) is 0 Å². The highest BCUT2D eigenvalue weighted by atomic mass is 15.3. The summed E-state index contributed by atoms with van der Waals surface area (Å²) in [6.07, 6.45) is 3.74. The fourth-order valence-electron chi connectivity index (χ4n) is 3.20. The zero-order valence-electron chi connectivity index (χ0n) is 13.6. The molecule has 0 aliphatic carbocycles. The average molecular weight is 274 g/mol. The van der Waals surface area contributed by atoms with Crippen LogP contribution in [0.3, 0.4) is 0 Å². The summed E-state index contributed by atoms with van der Waals surface area (Å²) in [5.41, 5.74) is 3.09. The maximum atomic E-state index is 3.75. The molecule has 1 saturated heterocycles. The van der Waals surface area contributed by atoms with E-state index in [9.17, 15) is 0 Å². The molecule has 1 aromatic rings. The standard InChI is InChI=1S/C18H30N2/c1-5-8-17-13-20(18(4,6-2)14-19-17)12-16-10-7-9-15(3)11-16/h7,9-11,17,19H,5-6,8,12-14H2,1-4H3. The Balaban J connectivity index is 2.11. The predicted molar refractivity (Wildman–Crippen MR) is 87.0 cm³/mol. The van der Waals surface area contributed by atoms with Gasteiger partial charge in [-0.1, -0.05) is 50.1 Å². The molecule has 0 aromatic heterocycles. The first-order valence-corrected chi connectivity index (χ1v) is 8.11. The van der Waals surface area contributed by atoms with Crippen LogP contribution < -0.4 is 5.32 Å². The molecule has 1 N–H and O–H groups in total. The van der Waals surface area contributed by atoms with Gasteiger partial charge in [0.25, 0.3) is 0 Å². The third-order valence-corrected chi connectivity index (χ3v) is 4.83. The van der Waals surface area contributed by atoms with E-state index in [1.54, 1.807) is 0 Å². The zero-order chi connectivity index (χ0) is 14.6. The molecular weight excluding hydrogens is 244 g/mol. The number of hydrogen-bond donors (Lipinski definition) is 1. The number of aryl methyl sites for hydroxylation is 1. The normalized spacial score (nSPS) is 27.7. The summed E-state index contributed by atoms with van der Waals surface area (Å²) >= 11 is 0. The van der Waals surface area contributed by atoms with Gasteiger partial charge in [0, 0.05) is 31.2 Å². The Morgan fingerprint density at radius 3 is 2.80 bits per heavy atom. The summed E-state index contributed by atoms with van der Waals surface area (Å²) < 4.78 is 0. The van der Waals surface area contributed by atoms with E-state index in [0.717, 1.165) is 13.1 Å². The quantitative estimate of drug-likeness (QED) is 0.880. The number of benzene rings is 1. The SMILES string of the molecule is CCCC1CN(Cc2cccc(C)c2)C(C)(CC)CN1. The minimum atomic E-state index is 0.286. The van der Waals surface area contributed by atoms with E-state index in [1.807, 2.05) is 0 Å². The van der Waals surface area contributed by atoms with Gasteiger partial charge in [0.1, 0.15) is 0 Å². The Kier molecular flexibility index (Phi) is 5.22. The van der Waals surface area contributed by atoms with Gasteiger partial charge in [0.2, 0.25) is 0 Å². The largest absolute Gasteiger partial charge is 0.311 e. The van der Waals surface area contributed by atoms with Crippen molar-refractivity contribution in [1.29, 1.82) is 0 Å². The van der Waals surface area contributed by atoms with Crippen molar-refractivity contribution in [2.75, 3.05) is 13.1 Å². The van der Waals surface area contributed by atoms with Crippen molar-refractivity contribution in [3.05, 3.63) is 35.4 Å². The van der Waals surface area contributed by atoms with Crippen molar-refractivity contribution in [2.45, 2.75) is 65.1 Å². The predicted octanol–water partition coefficient (Wildman–Crippen LogP) is 3.74. The Morgan fingerprint density at radius 1 is 1.35 bits per heavy atom. The molecule has 1 aliphatic heterocycles. The van der Waals surface area contributed by atoms with Gasteiger partial charge in [-0.25, -0.2) is 0 Å². The van der Waals surface area contributed by atoms with Crippen LogP contribution >= 0.6 is 0 Å². The summed E-state index contributed by atoms with van der Waals surface area (Å²) in [6, 6.07) is 9.61. The van der Waals surface area contributed by atoms with Crippen molar-refractivity contribution < 1.29 is 0 Å². The maximum Gasteiger partial charge on any atom is 0.0307 e. The molecule has 0 spiro atoms. The number of hydrogen-bond acceptors (Lipinski definition) is 2. The van der Waals surface area contributed by atoms with Crippen molar-refractivity contribution >= 4 is 0 Å². The van der Waals surface area contributed by atoms with Crippen molar-refractivity contribution in [1.82, 2.24) is 10.2 Å². The molecule has 20 heavy (non-hydrogen) atoms. The van der Waals surface area contributed by atoms with E-state index >= 15 is 0 Å². The average Bonchev–Trinajstić information content (AvgIpc) is 2.43. The lowest BCUT2D eigenvalue weighted by Gasteiger charge is -2.48. The Morgan fingerprint density at radius 2 is 2.15 bits per heavy atom. The molecule has 2 nitrogen and oxygen atoms in total. The summed E-state index contributed by atoms with van der Waals surface area (Å²) in [5.74, 6) is 0. The van der Waals surface area contributed by atoms with Gasteiger partial charge in [0.15, 0.2) is 0 Å². The topological polar surface area (TPSA) is 15.3 Å². The fraction of sp³-hybridized carbons (Fsp3) is 0.667. The van der Waals surface area contributed by atoms with Gasteiger partial charge in [-0.2, -0.15) is 0 Å². The van der Waals surface area contributed by atoms with E-state index < -0.39 is 0 Å². The van der Waals surface area contributed by atoms with Gasteiger partial charge in [-0.15, -0.1) is 0 Å². The Hall–Kier alpha value is -0.860. The first-order valence-electron chi connectivity index (χ1n) is 8.11. The van der Waals surface area contributed by atoms with Crippen LogP contribution in [-0.4, -0.2) is 29.6 Å². The second kappa shape index (κ2) is 6.73. The lowest BCUT2D eigenvalue weighted by molar-refractivity contribution is 0.0396. The molecule has 0 saturated carbocycles. The molecule has 1 fully saturated rings. The second-order valence-electron chi connectivity index (χ2n) is 6.59. The van der Waals surface area contributed by atoms with Crippen LogP contribution in [0.5, 0.6) is 0 Å². The van der Waals surface area contributed by atoms with Gasteiger partial charge >= 0.3 is 0 Å². The smallest absolute Gasteiger partial charge is 0.0307 e. The van der Waals surface area contributed by atoms with Crippen LogP contribution in [0.2, 0.25) is 0 Å². The van der Waals surface area contributed by atoms with E-state index in [2.05, 4.69) is 62.2 Å². The van der Waals surface area contributed by atoms with Gasteiger partial charge < -0.3 is 5.32 Å². The number of nitrogens with one attached hydrogen (secondary N) is 1. The molecule has 1 heterocycles. The van der Waals surface area contributed by atoms with Crippen LogP contribution in [0.4, 0.5) is 0 Å². The van der Waals surface area contributed by atoms with Gasteiger partial charge in [-0.05, 0) is 32.3 Å². The molecule has 112 valence electrons. The lowest BCUT2D eigenvalue weighted by Crippen LogP contribution is -2.62. The number of rotatable bonds is 5. The van der Waals surface area contributed by atoms with Crippen LogP contribution in [0.15, 0.2) is 24.3 Å². The number of nitrogens with zero attached hydrogens (tertiary/aromatic N) is 1. The molecule has 1 aromatic carbocycles. The van der Waals surface area contributed by atoms with E-state index in [1.165, 1.54) is 36.9 Å². The number of piperazine rings is 1. The molecule has 0 amide bonds.